The summed E-state index contributed by atoms with van der Waals surface area (Å²) in [5.41, 5.74) is 3.66. The molecular formula is C20H23N3O3. The van der Waals surface area contributed by atoms with Crippen LogP contribution in [0.2, 0.25) is 0 Å². The number of rotatable bonds is 7. The van der Waals surface area contributed by atoms with Gasteiger partial charge in [0.05, 0.1) is 19.5 Å². The number of anilines is 1. The third-order valence-corrected chi connectivity index (χ3v) is 3.98. The lowest BCUT2D eigenvalue weighted by molar-refractivity contribution is -0.126. The minimum absolute atomic E-state index is 0.152. The number of hydrogen-bond acceptors (Lipinski definition) is 3. The number of aryl methyl sites for hydroxylation is 1. The molecule has 0 aliphatic heterocycles. The molecule has 0 saturated heterocycles. The van der Waals surface area contributed by atoms with E-state index >= 15 is 0 Å². The summed E-state index contributed by atoms with van der Waals surface area (Å²) in [5, 5.41) is 7.79. The molecule has 2 aromatic rings. The third kappa shape index (κ3) is 6.05. The topological polar surface area (TPSA) is 87.3 Å². The van der Waals surface area contributed by atoms with Crippen LogP contribution in [-0.2, 0) is 20.8 Å². The van der Waals surface area contributed by atoms with Gasteiger partial charge in [-0.3, -0.25) is 14.4 Å². The molecule has 2 rings (SSSR count). The Kier molecular flexibility index (Phi) is 6.91. The largest absolute Gasteiger partial charge is 0.347 e. The van der Waals surface area contributed by atoms with E-state index in [-0.39, 0.29) is 31.3 Å². The molecule has 0 aliphatic rings. The van der Waals surface area contributed by atoms with Gasteiger partial charge in [-0.2, -0.15) is 0 Å². The first kappa shape index (κ1) is 19.2. The summed E-state index contributed by atoms with van der Waals surface area (Å²) in [4.78, 5) is 35.5. The fourth-order valence-electron chi connectivity index (χ4n) is 2.34. The molecule has 136 valence electrons. The molecular weight excluding hydrogens is 330 g/mol. The van der Waals surface area contributed by atoms with Crippen molar-refractivity contribution >= 4 is 23.4 Å². The van der Waals surface area contributed by atoms with Crippen LogP contribution >= 0.6 is 0 Å². The Morgan fingerprint density at radius 3 is 2.15 bits per heavy atom. The van der Waals surface area contributed by atoms with Crippen molar-refractivity contribution in [3.8, 4) is 0 Å². The van der Waals surface area contributed by atoms with Crippen LogP contribution in [0.15, 0.2) is 48.5 Å². The minimum Gasteiger partial charge on any atom is -0.347 e. The molecule has 0 aromatic heterocycles. The predicted octanol–water partition coefficient (Wildman–Crippen LogP) is 1.72. The Labute approximate surface area is 153 Å². The Morgan fingerprint density at radius 2 is 1.42 bits per heavy atom. The second-order valence-electron chi connectivity index (χ2n) is 6.01. The molecule has 3 amide bonds. The molecule has 3 N–H and O–H groups in total. The zero-order valence-corrected chi connectivity index (χ0v) is 15.0. The van der Waals surface area contributed by atoms with Crippen molar-refractivity contribution in [2.75, 3.05) is 18.4 Å². The zero-order chi connectivity index (χ0) is 18.9. The van der Waals surface area contributed by atoms with E-state index in [9.17, 15) is 14.4 Å². The van der Waals surface area contributed by atoms with E-state index in [0.717, 1.165) is 22.4 Å². The van der Waals surface area contributed by atoms with Gasteiger partial charge in [-0.05, 0) is 36.6 Å². The van der Waals surface area contributed by atoms with E-state index in [1.165, 1.54) is 0 Å². The molecule has 0 fully saturated rings. The van der Waals surface area contributed by atoms with Gasteiger partial charge >= 0.3 is 0 Å². The smallest absolute Gasteiger partial charge is 0.243 e. The molecule has 6 nitrogen and oxygen atoms in total. The van der Waals surface area contributed by atoms with Gasteiger partial charge in [0, 0.05) is 5.69 Å². The average Bonchev–Trinajstić information content (AvgIpc) is 2.63. The Morgan fingerprint density at radius 1 is 0.769 bits per heavy atom. The van der Waals surface area contributed by atoms with E-state index < -0.39 is 5.91 Å². The fraction of sp³-hybridized carbons (Fsp3) is 0.250. The first-order valence-electron chi connectivity index (χ1n) is 8.39. The van der Waals surface area contributed by atoms with Crippen molar-refractivity contribution in [3.05, 3.63) is 65.2 Å². The molecule has 6 heteroatoms. The van der Waals surface area contributed by atoms with Crippen molar-refractivity contribution < 1.29 is 14.4 Å². The van der Waals surface area contributed by atoms with Crippen LogP contribution < -0.4 is 16.0 Å². The van der Waals surface area contributed by atoms with Gasteiger partial charge in [0.1, 0.15) is 0 Å². The Bertz CT molecular complexity index is 788. The molecule has 0 heterocycles. The lowest BCUT2D eigenvalue weighted by atomic mass is 10.1. The molecule has 0 bridgehead atoms. The van der Waals surface area contributed by atoms with Crippen LogP contribution in [0, 0.1) is 13.8 Å². The first-order chi connectivity index (χ1) is 12.5. The number of hydrogen-bond donors (Lipinski definition) is 3. The first-order valence-corrected chi connectivity index (χ1v) is 8.39. The summed E-state index contributed by atoms with van der Waals surface area (Å²) >= 11 is 0. The minimum atomic E-state index is -0.414. The highest BCUT2D eigenvalue weighted by molar-refractivity contribution is 5.95. The summed E-state index contributed by atoms with van der Waals surface area (Å²) < 4.78 is 0. The molecule has 0 saturated carbocycles. The lowest BCUT2D eigenvalue weighted by Crippen LogP contribution is -2.40. The maximum atomic E-state index is 11.9. The van der Waals surface area contributed by atoms with E-state index in [1.807, 2.05) is 62.4 Å². The van der Waals surface area contributed by atoms with E-state index in [2.05, 4.69) is 16.0 Å². The Balaban J connectivity index is 1.70. The molecule has 0 aliphatic carbocycles. The SMILES string of the molecule is Cc1cccc(NC(=O)CNC(=O)CNC(=O)Cc2ccccc2)c1C. The second-order valence-corrected chi connectivity index (χ2v) is 6.01. The Hall–Kier alpha value is -3.15. The quantitative estimate of drug-likeness (QED) is 0.708. The highest BCUT2D eigenvalue weighted by Crippen LogP contribution is 2.17. The zero-order valence-electron chi connectivity index (χ0n) is 15.0. The summed E-state index contributed by atoms with van der Waals surface area (Å²) in [7, 11) is 0. The van der Waals surface area contributed by atoms with Crippen molar-refractivity contribution in [2.45, 2.75) is 20.3 Å². The van der Waals surface area contributed by atoms with Crippen molar-refractivity contribution in [2.24, 2.45) is 0 Å². The van der Waals surface area contributed by atoms with Gasteiger partial charge < -0.3 is 16.0 Å². The van der Waals surface area contributed by atoms with Crippen molar-refractivity contribution in [1.29, 1.82) is 0 Å². The monoisotopic (exact) mass is 353 g/mol. The number of carbonyl (C=O) groups excluding carboxylic acids is 3. The van der Waals surface area contributed by atoms with Crippen LogP contribution in [0.1, 0.15) is 16.7 Å². The summed E-state index contributed by atoms with van der Waals surface area (Å²) in [6.45, 7) is 3.57. The van der Waals surface area contributed by atoms with Crippen molar-refractivity contribution in [1.82, 2.24) is 10.6 Å². The van der Waals surface area contributed by atoms with Gasteiger partial charge in [0.15, 0.2) is 0 Å². The van der Waals surface area contributed by atoms with Crippen LogP contribution in [0.25, 0.3) is 0 Å². The van der Waals surface area contributed by atoms with Crippen LogP contribution in [0.4, 0.5) is 5.69 Å². The second kappa shape index (κ2) is 9.36. The maximum absolute atomic E-state index is 11.9. The van der Waals surface area contributed by atoms with Gasteiger partial charge in [-0.25, -0.2) is 0 Å². The molecule has 0 radical (unpaired) electrons. The van der Waals surface area contributed by atoms with E-state index in [4.69, 9.17) is 0 Å². The van der Waals surface area contributed by atoms with Crippen LogP contribution in [0.3, 0.4) is 0 Å². The van der Waals surface area contributed by atoms with Crippen molar-refractivity contribution in [3.63, 3.8) is 0 Å². The van der Waals surface area contributed by atoms with Gasteiger partial charge in [0.25, 0.3) is 0 Å². The maximum Gasteiger partial charge on any atom is 0.243 e. The highest BCUT2D eigenvalue weighted by Gasteiger charge is 2.09. The van der Waals surface area contributed by atoms with Gasteiger partial charge in [0.2, 0.25) is 17.7 Å². The third-order valence-electron chi connectivity index (χ3n) is 3.98. The molecule has 26 heavy (non-hydrogen) atoms. The molecule has 0 spiro atoms. The number of nitrogens with one attached hydrogen (secondary N) is 3. The molecule has 0 unspecified atom stereocenters. The summed E-state index contributed by atoms with van der Waals surface area (Å²) in [6.07, 6.45) is 0.210. The number of amides is 3. The number of benzene rings is 2. The van der Waals surface area contributed by atoms with Gasteiger partial charge in [-0.15, -0.1) is 0 Å². The molecule has 2 aromatic carbocycles. The fourth-order valence-corrected chi connectivity index (χ4v) is 2.34. The normalized spacial score (nSPS) is 10.1. The summed E-state index contributed by atoms with van der Waals surface area (Å²) in [6, 6.07) is 14.9. The summed E-state index contributed by atoms with van der Waals surface area (Å²) in [5.74, 6) is -0.976. The number of carbonyl (C=O) groups is 3. The van der Waals surface area contributed by atoms with Crippen LogP contribution in [0.5, 0.6) is 0 Å². The predicted molar refractivity (Wildman–Crippen MR) is 101 cm³/mol. The van der Waals surface area contributed by atoms with E-state index in [1.54, 1.807) is 0 Å². The van der Waals surface area contributed by atoms with Gasteiger partial charge in [-0.1, -0.05) is 42.5 Å². The average molecular weight is 353 g/mol. The lowest BCUT2D eigenvalue weighted by Gasteiger charge is -2.11. The van der Waals surface area contributed by atoms with E-state index in [0.29, 0.717) is 0 Å². The highest BCUT2D eigenvalue weighted by atomic mass is 16.2. The standard InChI is InChI=1S/C20H23N3O3/c1-14-7-6-10-17(15(14)2)23-20(26)13-22-19(25)12-21-18(24)11-16-8-4-3-5-9-16/h3-10H,11-13H2,1-2H3,(H,21,24)(H,22,25)(H,23,26). The van der Waals surface area contributed by atoms with Crippen LogP contribution in [-0.4, -0.2) is 30.8 Å². The molecule has 0 atom stereocenters.